The number of hydrogen-bond acceptors (Lipinski definition) is 4. The first kappa shape index (κ1) is 23.7. The first-order valence-corrected chi connectivity index (χ1v) is 11.2. The van der Waals surface area contributed by atoms with E-state index in [1.54, 1.807) is 25.1 Å². The van der Waals surface area contributed by atoms with Crippen LogP contribution >= 0.6 is 11.6 Å². The van der Waals surface area contributed by atoms with E-state index in [1.807, 2.05) is 37.3 Å². The van der Waals surface area contributed by atoms with Crippen molar-refractivity contribution in [3.63, 3.8) is 0 Å². The summed E-state index contributed by atoms with van der Waals surface area (Å²) in [4.78, 5) is 27.6. The van der Waals surface area contributed by atoms with Gasteiger partial charge in [-0.05, 0) is 43.0 Å². The van der Waals surface area contributed by atoms with Crippen molar-refractivity contribution < 1.29 is 19.1 Å². The molecular formula is C25H29ClN2O4. The predicted molar refractivity (Wildman–Crippen MR) is 125 cm³/mol. The summed E-state index contributed by atoms with van der Waals surface area (Å²) in [5.74, 6) is 0.471. The number of rotatable bonds is 8. The molecule has 0 spiro atoms. The molecule has 3 rings (SSSR count). The van der Waals surface area contributed by atoms with Crippen LogP contribution in [0.3, 0.4) is 0 Å². The standard InChI is InChI=1S/C25H29ClN2O4/c1-5-28-20(15-32-21-14-10-8-11-17(21)16(3)4)22(24(29)31-6-2)23(27-25(28)30)18-12-7-9-13-19(18)26/h7-14,16,23H,5-6,15H2,1-4H3,(H,27,30)/t23-/m0/s1. The molecule has 7 heteroatoms. The maximum Gasteiger partial charge on any atom is 0.338 e. The van der Waals surface area contributed by atoms with Gasteiger partial charge in [0.1, 0.15) is 12.4 Å². The number of benzene rings is 2. The van der Waals surface area contributed by atoms with Gasteiger partial charge in [0, 0.05) is 11.6 Å². The van der Waals surface area contributed by atoms with Crippen LogP contribution in [0.5, 0.6) is 5.75 Å². The van der Waals surface area contributed by atoms with Crippen LogP contribution in [0.15, 0.2) is 59.8 Å². The van der Waals surface area contributed by atoms with E-state index in [4.69, 9.17) is 21.1 Å². The van der Waals surface area contributed by atoms with Gasteiger partial charge in [-0.3, -0.25) is 4.90 Å². The number of halogens is 1. The van der Waals surface area contributed by atoms with E-state index in [9.17, 15) is 9.59 Å². The van der Waals surface area contributed by atoms with Crippen LogP contribution in [-0.4, -0.2) is 36.7 Å². The maximum atomic E-state index is 13.1. The molecule has 1 heterocycles. The monoisotopic (exact) mass is 456 g/mol. The van der Waals surface area contributed by atoms with Gasteiger partial charge >= 0.3 is 12.0 Å². The second-order valence-electron chi connectivity index (χ2n) is 7.71. The summed E-state index contributed by atoms with van der Waals surface area (Å²) >= 11 is 6.43. The van der Waals surface area contributed by atoms with Gasteiger partial charge in [-0.1, -0.05) is 61.8 Å². The molecule has 0 radical (unpaired) electrons. The summed E-state index contributed by atoms with van der Waals surface area (Å²) in [6, 6.07) is 13.9. The second-order valence-corrected chi connectivity index (χ2v) is 8.12. The summed E-state index contributed by atoms with van der Waals surface area (Å²) in [7, 11) is 0. The largest absolute Gasteiger partial charge is 0.487 e. The smallest absolute Gasteiger partial charge is 0.338 e. The van der Waals surface area contributed by atoms with Gasteiger partial charge in [0.05, 0.1) is 23.9 Å². The Hall–Kier alpha value is -2.99. The summed E-state index contributed by atoms with van der Waals surface area (Å²) < 4.78 is 11.5. The number of amides is 2. The van der Waals surface area contributed by atoms with Crippen LogP contribution in [-0.2, 0) is 9.53 Å². The van der Waals surface area contributed by atoms with Gasteiger partial charge in [0.2, 0.25) is 0 Å². The van der Waals surface area contributed by atoms with Crippen molar-refractivity contribution in [1.29, 1.82) is 0 Å². The average Bonchev–Trinajstić information content (AvgIpc) is 2.77. The highest BCUT2D eigenvalue weighted by Gasteiger charge is 2.38. The molecule has 2 aromatic rings. The second kappa shape index (κ2) is 10.6. The molecule has 6 nitrogen and oxygen atoms in total. The third-order valence-corrected chi connectivity index (χ3v) is 5.72. The van der Waals surface area contributed by atoms with Crippen LogP contribution in [0, 0.1) is 0 Å². The molecule has 32 heavy (non-hydrogen) atoms. The summed E-state index contributed by atoms with van der Waals surface area (Å²) in [6.45, 7) is 8.39. The van der Waals surface area contributed by atoms with E-state index < -0.39 is 12.0 Å². The molecule has 1 atom stereocenters. The van der Waals surface area contributed by atoms with E-state index in [0.717, 1.165) is 11.3 Å². The molecule has 0 fully saturated rings. The lowest BCUT2D eigenvalue weighted by Gasteiger charge is -2.36. The first-order chi connectivity index (χ1) is 15.4. The summed E-state index contributed by atoms with van der Waals surface area (Å²) in [6.07, 6.45) is 0. The topological polar surface area (TPSA) is 67.9 Å². The molecule has 2 amide bonds. The predicted octanol–water partition coefficient (Wildman–Crippen LogP) is 5.45. The maximum absolute atomic E-state index is 13.1. The third kappa shape index (κ3) is 4.91. The van der Waals surface area contributed by atoms with Crippen molar-refractivity contribution in [2.75, 3.05) is 19.8 Å². The van der Waals surface area contributed by atoms with E-state index in [0.29, 0.717) is 28.4 Å². The number of esters is 1. The van der Waals surface area contributed by atoms with Gasteiger partial charge in [-0.2, -0.15) is 0 Å². The minimum absolute atomic E-state index is 0.0418. The molecule has 0 aromatic heterocycles. The van der Waals surface area contributed by atoms with Gasteiger partial charge < -0.3 is 14.8 Å². The highest BCUT2D eigenvalue weighted by Crippen LogP contribution is 2.35. The van der Waals surface area contributed by atoms with Crippen LogP contribution in [0.25, 0.3) is 0 Å². The molecule has 0 saturated heterocycles. The Bertz CT molecular complexity index is 1020. The van der Waals surface area contributed by atoms with E-state index >= 15 is 0 Å². The number of carbonyl (C=O) groups excluding carboxylic acids is 2. The zero-order valence-corrected chi connectivity index (χ0v) is 19.6. The lowest BCUT2D eigenvalue weighted by atomic mass is 9.94. The van der Waals surface area contributed by atoms with Crippen LogP contribution in [0.1, 0.15) is 50.8 Å². The number of urea groups is 1. The SMILES string of the molecule is CCOC(=O)C1=C(COc2ccccc2C(C)C)N(CC)C(=O)N[C@H]1c1ccccc1Cl. The fourth-order valence-corrected chi connectivity index (χ4v) is 4.07. The fourth-order valence-electron chi connectivity index (χ4n) is 3.82. The molecule has 1 aliphatic rings. The first-order valence-electron chi connectivity index (χ1n) is 10.8. The van der Waals surface area contributed by atoms with E-state index in [2.05, 4.69) is 19.2 Å². The highest BCUT2D eigenvalue weighted by molar-refractivity contribution is 6.31. The van der Waals surface area contributed by atoms with Crippen molar-refractivity contribution in [1.82, 2.24) is 10.2 Å². The van der Waals surface area contributed by atoms with Crippen LogP contribution in [0.2, 0.25) is 5.02 Å². The van der Waals surface area contributed by atoms with E-state index in [-0.39, 0.29) is 25.2 Å². The van der Waals surface area contributed by atoms with Crippen molar-refractivity contribution in [3.05, 3.63) is 76.0 Å². The molecular weight excluding hydrogens is 428 g/mol. The number of carbonyl (C=O) groups is 2. The Morgan fingerprint density at radius 3 is 2.47 bits per heavy atom. The third-order valence-electron chi connectivity index (χ3n) is 5.37. The van der Waals surface area contributed by atoms with Gasteiger partial charge in [-0.25, -0.2) is 9.59 Å². The molecule has 0 aliphatic carbocycles. The van der Waals surface area contributed by atoms with Crippen LogP contribution < -0.4 is 10.1 Å². The van der Waals surface area contributed by atoms with Crippen molar-refractivity contribution in [2.45, 2.75) is 39.7 Å². The number of hydrogen-bond donors (Lipinski definition) is 1. The van der Waals surface area contributed by atoms with Gasteiger partial charge in [0.25, 0.3) is 0 Å². The number of ether oxygens (including phenoxy) is 2. The lowest BCUT2D eigenvalue weighted by Crippen LogP contribution is -2.49. The zero-order chi connectivity index (χ0) is 23.3. The minimum atomic E-state index is -0.739. The van der Waals surface area contributed by atoms with E-state index in [1.165, 1.54) is 4.90 Å². The Morgan fingerprint density at radius 2 is 1.81 bits per heavy atom. The number of likely N-dealkylation sites (N-methyl/N-ethyl adjacent to an activating group) is 1. The molecule has 1 N–H and O–H groups in total. The normalized spacial score (nSPS) is 16.2. The van der Waals surface area contributed by atoms with Gasteiger partial charge in [-0.15, -0.1) is 0 Å². The zero-order valence-electron chi connectivity index (χ0n) is 18.9. The Morgan fingerprint density at radius 1 is 1.12 bits per heavy atom. The quantitative estimate of drug-likeness (QED) is 0.536. The Balaban J connectivity index is 2.10. The molecule has 1 aliphatic heterocycles. The molecule has 170 valence electrons. The molecule has 0 bridgehead atoms. The van der Waals surface area contributed by atoms with Crippen molar-refractivity contribution >= 4 is 23.6 Å². The number of nitrogens with one attached hydrogen (secondary N) is 1. The summed E-state index contributed by atoms with van der Waals surface area (Å²) in [5.41, 5.74) is 2.47. The van der Waals surface area contributed by atoms with Crippen LogP contribution in [0.4, 0.5) is 4.79 Å². The average molecular weight is 457 g/mol. The Labute approximate surface area is 194 Å². The molecule has 2 aromatic carbocycles. The van der Waals surface area contributed by atoms with Crippen molar-refractivity contribution in [3.8, 4) is 5.75 Å². The lowest BCUT2D eigenvalue weighted by molar-refractivity contribution is -0.139. The number of para-hydroxylation sites is 1. The molecule has 0 saturated carbocycles. The fraction of sp³-hybridized carbons (Fsp3) is 0.360. The van der Waals surface area contributed by atoms with Crippen molar-refractivity contribution in [2.24, 2.45) is 0 Å². The highest BCUT2D eigenvalue weighted by atomic mass is 35.5. The molecule has 0 unspecified atom stereocenters. The summed E-state index contributed by atoms with van der Waals surface area (Å²) in [5, 5.41) is 3.36. The minimum Gasteiger partial charge on any atom is -0.487 e. The Kier molecular flexibility index (Phi) is 7.80. The number of nitrogens with zero attached hydrogens (tertiary/aromatic N) is 1. The van der Waals surface area contributed by atoms with Gasteiger partial charge in [0.15, 0.2) is 0 Å².